The van der Waals surface area contributed by atoms with Gasteiger partial charge in [-0.05, 0) is 23.6 Å². The molecule has 1 amide bonds. The zero-order valence-electron chi connectivity index (χ0n) is 10.9. The lowest BCUT2D eigenvalue weighted by molar-refractivity contribution is -0.117. The zero-order chi connectivity index (χ0) is 13.7. The first kappa shape index (κ1) is 14.6. The molecule has 0 aliphatic rings. The third-order valence-corrected chi connectivity index (χ3v) is 4.64. The number of amides is 1. The third-order valence-electron chi connectivity index (χ3n) is 2.89. The molecule has 0 saturated carbocycles. The first-order valence-corrected chi connectivity index (χ1v) is 6.84. The Labute approximate surface area is 112 Å². The van der Waals surface area contributed by atoms with E-state index in [1.807, 2.05) is 0 Å². The van der Waals surface area contributed by atoms with Gasteiger partial charge in [-0.2, -0.15) is 5.26 Å². The normalized spacial score (nSPS) is 13.9. The second kappa shape index (κ2) is 6.46. The molecule has 0 aromatic heterocycles. The highest BCUT2D eigenvalue weighted by Gasteiger charge is 2.22. The van der Waals surface area contributed by atoms with Crippen molar-refractivity contribution in [3.05, 3.63) is 35.4 Å². The van der Waals surface area contributed by atoms with E-state index in [0.717, 1.165) is 5.56 Å². The van der Waals surface area contributed by atoms with Crippen LogP contribution in [0, 0.1) is 17.2 Å². The molecule has 0 radical (unpaired) electrons. The van der Waals surface area contributed by atoms with Crippen molar-refractivity contribution in [2.24, 2.45) is 11.7 Å². The Kier molecular flexibility index (Phi) is 5.24. The van der Waals surface area contributed by atoms with Crippen LogP contribution in [-0.2, 0) is 4.79 Å². The van der Waals surface area contributed by atoms with Crippen molar-refractivity contribution < 1.29 is 4.79 Å². The summed E-state index contributed by atoms with van der Waals surface area (Å²) in [6.07, 6.45) is 0. The molecule has 0 unspecified atom stereocenters. The lowest BCUT2D eigenvalue weighted by Crippen LogP contribution is -2.22. The fourth-order valence-electron chi connectivity index (χ4n) is 1.41. The summed E-state index contributed by atoms with van der Waals surface area (Å²) in [5.41, 5.74) is 6.91. The minimum Gasteiger partial charge on any atom is -0.368 e. The predicted octanol–water partition coefficient (Wildman–Crippen LogP) is 2.86. The zero-order valence-corrected chi connectivity index (χ0v) is 11.7. The highest BCUT2D eigenvalue weighted by molar-refractivity contribution is 8.00. The van der Waals surface area contributed by atoms with Crippen LogP contribution in [0.3, 0.4) is 0 Å². The minimum absolute atomic E-state index is 0.336. The first-order valence-electron chi connectivity index (χ1n) is 5.90. The number of nitrogens with zero attached hydrogens (tertiary/aromatic N) is 1. The number of thioether (sulfide) groups is 1. The number of carbonyl (C=O) groups excluding carboxylic acids is 1. The van der Waals surface area contributed by atoms with Gasteiger partial charge in [-0.15, -0.1) is 11.8 Å². The van der Waals surface area contributed by atoms with Crippen LogP contribution >= 0.6 is 11.8 Å². The first-order chi connectivity index (χ1) is 8.45. The lowest BCUT2D eigenvalue weighted by Gasteiger charge is -2.21. The number of nitrogens with two attached hydrogens (primary N) is 1. The molecule has 0 aliphatic carbocycles. The molecule has 4 heteroatoms. The molecular formula is C14H18N2OS. The van der Waals surface area contributed by atoms with Crippen LogP contribution < -0.4 is 5.73 Å². The number of nitriles is 1. The molecule has 2 N–H and O–H groups in total. The van der Waals surface area contributed by atoms with Crippen LogP contribution in [0.15, 0.2) is 24.3 Å². The number of hydrogen-bond donors (Lipinski definition) is 1. The maximum Gasteiger partial charge on any atom is 0.235 e. The molecule has 0 spiro atoms. The Morgan fingerprint density at radius 3 is 2.22 bits per heavy atom. The summed E-state index contributed by atoms with van der Waals surface area (Å²) in [5, 5.41) is 8.74. The Balaban J connectivity index is 2.91. The van der Waals surface area contributed by atoms with Crippen molar-refractivity contribution in [2.45, 2.75) is 31.3 Å². The van der Waals surface area contributed by atoms with Gasteiger partial charge in [-0.3, -0.25) is 4.79 Å². The van der Waals surface area contributed by atoms with Gasteiger partial charge in [0.05, 0.1) is 11.6 Å². The summed E-state index contributed by atoms with van der Waals surface area (Å²) < 4.78 is 0. The maximum absolute atomic E-state index is 11.5. The second-order valence-corrected chi connectivity index (χ2v) is 6.09. The summed E-state index contributed by atoms with van der Waals surface area (Å²) in [6.45, 7) is 6.33. The van der Waals surface area contributed by atoms with E-state index in [2.05, 4.69) is 26.8 Å². The maximum atomic E-state index is 11.5. The van der Waals surface area contributed by atoms with Gasteiger partial charge in [0.1, 0.15) is 5.25 Å². The van der Waals surface area contributed by atoms with Gasteiger partial charge in [0.15, 0.2) is 0 Å². The highest BCUT2D eigenvalue weighted by Crippen LogP contribution is 2.34. The topological polar surface area (TPSA) is 66.9 Å². The largest absolute Gasteiger partial charge is 0.368 e. The van der Waals surface area contributed by atoms with E-state index in [9.17, 15) is 4.79 Å². The minimum atomic E-state index is -0.352. The monoisotopic (exact) mass is 262 g/mol. The van der Waals surface area contributed by atoms with Gasteiger partial charge in [0, 0.05) is 5.25 Å². The smallest absolute Gasteiger partial charge is 0.235 e. The lowest BCUT2D eigenvalue weighted by atomic mass is 10.1. The molecule has 1 rings (SSSR count). The van der Waals surface area contributed by atoms with E-state index >= 15 is 0 Å². The summed E-state index contributed by atoms with van der Waals surface area (Å²) in [6, 6.07) is 9.09. The molecule has 0 bridgehead atoms. The van der Waals surface area contributed by atoms with Gasteiger partial charge in [0.25, 0.3) is 0 Å². The molecule has 1 aromatic carbocycles. The molecular weight excluding hydrogens is 244 g/mol. The Morgan fingerprint density at radius 1 is 1.28 bits per heavy atom. The van der Waals surface area contributed by atoms with E-state index in [-0.39, 0.29) is 11.2 Å². The van der Waals surface area contributed by atoms with Crippen LogP contribution in [0.5, 0.6) is 0 Å². The summed E-state index contributed by atoms with van der Waals surface area (Å²) in [7, 11) is 0. The summed E-state index contributed by atoms with van der Waals surface area (Å²) >= 11 is 1.57. The number of benzene rings is 1. The van der Waals surface area contributed by atoms with Gasteiger partial charge in [-0.1, -0.05) is 32.9 Å². The fraction of sp³-hybridized carbons (Fsp3) is 0.429. The van der Waals surface area contributed by atoms with Crippen molar-refractivity contribution in [3.8, 4) is 6.07 Å². The van der Waals surface area contributed by atoms with E-state index in [0.29, 0.717) is 16.7 Å². The fourth-order valence-corrected chi connectivity index (χ4v) is 2.61. The van der Waals surface area contributed by atoms with Crippen molar-refractivity contribution >= 4 is 17.7 Å². The van der Waals surface area contributed by atoms with Crippen LogP contribution in [0.4, 0.5) is 0 Å². The van der Waals surface area contributed by atoms with Crippen molar-refractivity contribution in [1.29, 1.82) is 5.26 Å². The summed E-state index contributed by atoms with van der Waals surface area (Å²) in [5.74, 6) is 0.146. The predicted molar refractivity (Wildman–Crippen MR) is 75.0 cm³/mol. The number of carbonyl (C=O) groups is 1. The standard InChI is InChI=1S/C14H18N2OS/c1-9(2)10(3)18-13(14(16)17)12-6-4-11(8-15)5-7-12/h4-7,9-10,13H,1-3H3,(H2,16,17)/t10-,13-/m1/s1. The van der Waals surface area contributed by atoms with Gasteiger partial charge >= 0.3 is 0 Å². The molecule has 18 heavy (non-hydrogen) atoms. The molecule has 0 fully saturated rings. The molecule has 0 saturated heterocycles. The summed E-state index contributed by atoms with van der Waals surface area (Å²) in [4.78, 5) is 11.5. The molecule has 2 atom stereocenters. The van der Waals surface area contributed by atoms with Crippen molar-refractivity contribution in [2.75, 3.05) is 0 Å². The number of rotatable bonds is 5. The molecule has 0 heterocycles. The molecule has 3 nitrogen and oxygen atoms in total. The average molecular weight is 262 g/mol. The molecule has 0 aliphatic heterocycles. The Hall–Kier alpha value is -1.47. The van der Waals surface area contributed by atoms with E-state index in [1.165, 1.54) is 0 Å². The van der Waals surface area contributed by atoms with Crippen LogP contribution in [0.2, 0.25) is 0 Å². The van der Waals surface area contributed by atoms with Crippen LogP contribution in [0.1, 0.15) is 37.1 Å². The quantitative estimate of drug-likeness (QED) is 0.887. The van der Waals surface area contributed by atoms with E-state index in [4.69, 9.17) is 11.0 Å². The average Bonchev–Trinajstić information content (AvgIpc) is 2.35. The molecule has 1 aromatic rings. The van der Waals surface area contributed by atoms with Gasteiger partial charge in [0.2, 0.25) is 5.91 Å². The van der Waals surface area contributed by atoms with Crippen molar-refractivity contribution in [3.63, 3.8) is 0 Å². The van der Waals surface area contributed by atoms with Crippen LogP contribution in [0.25, 0.3) is 0 Å². The SMILES string of the molecule is CC(C)[C@@H](C)S[C@@H](C(N)=O)c1ccc(C#N)cc1. The second-order valence-electron chi connectivity index (χ2n) is 4.60. The Morgan fingerprint density at radius 2 is 1.83 bits per heavy atom. The number of hydrogen-bond acceptors (Lipinski definition) is 3. The highest BCUT2D eigenvalue weighted by atomic mass is 32.2. The number of primary amides is 1. The van der Waals surface area contributed by atoms with E-state index in [1.54, 1.807) is 36.0 Å². The molecule has 96 valence electrons. The van der Waals surface area contributed by atoms with Crippen LogP contribution in [-0.4, -0.2) is 11.2 Å². The van der Waals surface area contributed by atoms with E-state index < -0.39 is 0 Å². The van der Waals surface area contributed by atoms with Gasteiger partial charge < -0.3 is 5.73 Å². The Bertz CT molecular complexity index is 448. The third kappa shape index (κ3) is 3.78. The van der Waals surface area contributed by atoms with Gasteiger partial charge in [-0.25, -0.2) is 0 Å². The van der Waals surface area contributed by atoms with Crippen molar-refractivity contribution in [1.82, 2.24) is 0 Å².